The van der Waals surface area contributed by atoms with Crippen LogP contribution in [0.1, 0.15) is 21.6 Å². The van der Waals surface area contributed by atoms with Crippen molar-refractivity contribution in [2.45, 2.75) is 13.3 Å². The van der Waals surface area contributed by atoms with E-state index in [2.05, 4.69) is 10.3 Å². The molecule has 0 unspecified atom stereocenters. The van der Waals surface area contributed by atoms with Crippen LogP contribution in [-0.4, -0.2) is 17.4 Å². The van der Waals surface area contributed by atoms with Crippen molar-refractivity contribution in [1.82, 2.24) is 10.3 Å². The zero-order valence-corrected chi connectivity index (χ0v) is 12.5. The van der Waals surface area contributed by atoms with Gasteiger partial charge in [-0.15, -0.1) is 0 Å². The van der Waals surface area contributed by atoms with Crippen LogP contribution >= 0.6 is 23.2 Å². The third-order valence-electron chi connectivity index (χ3n) is 2.77. The van der Waals surface area contributed by atoms with Gasteiger partial charge in [0.1, 0.15) is 5.15 Å². The monoisotopic (exact) mass is 308 g/mol. The van der Waals surface area contributed by atoms with E-state index in [1.807, 2.05) is 24.3 Å². The highest BCUT2D eigenvalue weighted by Crippen LogP contribution is 2.12. The van der Waals surface area contributed by atoms with E-state index in [4.69, 9.17) is 23.2 Å². The lowest BCUT2D eigenvalue weighted by atomic mass is 10.1. The summed E-state index contributed by atoms with van der Waals surface area (Å²) < 4.78 is 0. The Hall–Kier alpha value is -1.58. The van der Waals surface area contributed by atoms with Gasteiger partial charge in [-0.3, -0.25) is 4.79 Å². The molecule has 0 bridgehead atoms. The highest BCUT2D eigenvalue weighted by Gasteiger charge is 2.07. The largest absolute Gasteiger partial charge is 0.352 e. The molecule has 3 nitrogen and oxygen atoms in total. The van der Waals surface area contributed by atoms with Gasteiger partial charge in [0.2, 0.25) is 0 Å². The van der Waals surface area contributed by atoms with E-state index in [-0.39, 0.29) is 5.91 Å². The van der Waals surface area contributed by atoms with Crippen LogP contribution in [0.15, 0.2) is 36.4 Å². The van der Waals surface area contributed by atoms with Gasteiger partial charge >= 0.3 is 0 Å². The first-order chi connectivity index (χ1) is 9.54. The second-order valence-corrected chi connectivity index (χ2v) is 5.28. The molecule has 0 fully saturated rings. The number of hydrogen-bond acceptors (Lipinski definition) is 2. The molecular formula is C15H14Cl2N2O. The second kappa shape index (κ2) is 6.73. The molecule has 2 rings (SSSR count). The number of aromatic nitrogens is 1. The minimum absolute atomic E-state index is 0.153. The number of amides is 1. The van der Waals surface area contributed by atoms with Gasteiger partial charge in [-0.05, 0) is 43.2 Å². The normalized spacial score (nSPS) is 10.3. The van der Waals surface area contributed by atoms with Crippen molar-refractivity contribution in [2.75, 3.05) is 6.54 Å². The van der Waals surface area contributed by atoms with Crippen molar-refractivity contribution in [3.63, 3.8) is 0 Å². The van der Waals surface area contributed by atoms with Crippen LogP contribution in [0, 0.1) is 6.92 Å². The average molecular weight is 309 g/mol. The van der Waals surface area contributed by atoms with E-state index in [0.717, 1.165) is 17.7 Å². The number of nitrogens with zero attached hydrogens (tertiary/aromatic N) is 1. The zero-order chi connectivity index (χ0) is 14.5. The van der Waals surface area contributed by atoms with E-state index in [1.165, 1.54) is 0 Å². The van der Waals surface area contributed by atoms with Crippen LogP contribution in [0.25, 0.3) is 0 Å². The number of carbonyl (C=O) groups is 1. The standard InChI is InChI=1S/C15H14Cl2N2O/c1-10-7-12(9-14(17)19-10)15(20)18-6-5-11-3-2-4-13(16)8-11/h2-4,7-9H,5-6H2,1H3,(H,18,20). The molecule has 0 atom stereocenters. The van der Waals surface area contributed by atoms with Crippen LogP contribution in [0.3, 0.4) is 0 Å². The minimum Gasteiger partial charge on any atom is -0.352 e. The second-order valence-electron chi connectivity index (χ2n) is 4.46. The average Bonchev–Trinajstić information content (AvgIpc) is 2.37. The van der Waals surface area contributed by atoms with E-state index in [1.54, 1.807) is 19.1 Å². The molecule has 1 amide bonds. The molecule has 5 heteroatoms. The molecule has 1 aromatic carbocycles. The van der Waals surface area contributed by atoms with Crippen molar-refractivity contribution < 1.29 is 4.79 Å². The van der Waals surface area contributed by atoms with Crippen LogP contribution in [-0.2, 0) is 6.42 Å². The van der Waals surface area contributed by atoms with Gasteiger partial charge in [0.15, 0.2) is 0 Å². The maximum Gasteiger partial charge on any atom is 0.251 e. The van der Waals surface area contributed by atoms with Crippen molar-refractivity contribution in [3.8, 4) is 0 Å². The summed E-state index contributed by atoms with van der Waals surface area (Å²) in [5.74, 6) is -0.153. The molecule has 0 spiro atoms. The summed E-state index contributed by atoms with van der Waals surface area (Å²) in [6, 6.07) is 10.9. The fourth-order valence-electron chi connectivity index (χ4n) is 1.87. The van der Waals surface area contributed by atoms with Gasteiger partial charge in [0, 0.05) is 22.8 Å². The minimum atomic E-state index is -0.153. The Balaban J connectivity index is 1.92. The first-order valence-corrected chi connectivity index (χ1v) is 6.97. The maximum atomic E-state index is 12.0. The lowest BCUT2D eigenvalue weighted by molar-refractivity contribution is 0.0954. The fourth-order valence-corrected chi connectivity index (χ4v) is 2.34. The number of hydrogen-bond donors (Lipinski definition) is 1. The Morgan fingerprint density at radius 1 is 1.25 bits per heavy atom. The fraction of sp³-hybridized carbons (Fsp3) is 0.200. The Morgan fingerprint density at radius 3 is 2.75 bits per heavy atom. The molecule has 0 saturated carbocycles. The first kappa shape index (κ1) is 14.8. The number of aryl methyl sites for hydroxylation is 1. The summed E-state index contributed by atoms with van der Waals surface area (Å²) >= 11 is 11.7. The van der Waals surface area contributed by atoms with Crippen LogP contribution in [0.5, 0.6) is 0 Å². The SMILES string of the molecule is Cc1cc(C(=O)NCCc2cccc(Cl)c2)cc(Cl)n1. The molecule has 0 aliphatic carbocycles. The molecule has 0 aliphatic heterocycles. The third kappa shape index (κ3) is 4.22. The van der Waals surface area contributed by atoms with Crippen LogP contribution in [0.2, 0.25) is 10.2 Å². The molecule has 2 aromatic rings. The van der Waals surface area contributed by atoms with Crippen molar-refractivity contribution >= 4 is 29.1 Å². The molecule has 1 aromatic heterocycles. The highest BCUT2D eigenvalue weighted by atomic mass is 35.5. The highest BCUT2D eigenvalue weighted by molar-refractivity contribution is 6.30. The summed E-state index contributed by atoms with van der Waals surface area (Å²) in [5, 5.41) is 3.88. The zero-order valence-electron chi connectivity index (χ0n) is 11.0. The Morgan fingerprint density at radius 2 is 2.05 bits per heavy atom. The van der Waals surface area contributed by atoms with Gasteiger partial charge < -0.3 is 5.32 Å². The van der Waals surface area contributed by atoms with Gasteiger partial charge in [0.05, 0.1) is 0 Å². The predicted octanol–water partition coefficient (Wildman–Crippen LogP) is 3.67. The summed E-state index contributed by atoms with van der Waals surface area (Å²) in [6.45, 7) is 2.34. The first-order valence-electron chi connectivity index (χ1n) is 6.21. The molecule has 1 N–H and O–H groups in total. The Kier molecular flexibility index (Phi) is 4.99. The predicted molar refractivity (Wildman–Crippen MR) is 81.5 cm³/mol. The summed E-state index contributed by atoms with van der Waals surface area (Å²) in [7, 11) is 0. The van der Waals surface area contributed by atoms with Gasteiger partial charge in [-0.25, -0.2) is 4.98 Å². The molecule has 104 valence electrons. The van der Waals surface area contributed by atoms with Crippen LogP contribution < -0.4 is 5.32 Å². The number of pyridine rings is 1. The molecule has 1 heterocycles. The van der Waals surface area contributed by atoms with E-state index >= 15 is 0 Å². The van der Waals surface area contributed by atoms with Crippen molar-refractivity contribution in [1.29, 1.82) is 0 Å². The van der Waals surface area contributed by atoms with Crippen molar-refractivity contribution in [3.05, 3.63) is 63.4 Å². The maximum absolute atomic E-state index is 12.0. The van der Waals surface area contributed by atoms with Gasteiger partial charge in [-0.1, -0.05) is 35.3 Å². The molecule has 0 radical (unpaired) electrons. The van der Waals surface area contributed by atoms with Gasteiger partial charge in [-0.2, -0.15) is 0 Å². The third-order valence-corrected chi connectivity index (χ3v) is 3.20. The molecule has 20 heavy (non-hydrogen) atoms. The number of carbonyl (C=O) groups excluding carboxylic acids is 1. The number of benzene rings is 1. The van der Waals surface area contributed by atoms with E-state index < -0.39 is 0 Å². The van der Waals surface area contributed by atoms with Crippen LogP contribution in [0.4, 0.5) is 0 Å². The molecule has 0 saturated heterocycles. The lowest BCUT2D eigenvalue weighted by Gasteiger charge is -2.06. The summed E-state index contributed by atoms with van der Waals surface area (Å²) in [6.07, 6.45) is 0.726. The Bertz CT molecular complexity index is 609. The van der Waals surface area contributed by atoms with E-state index in [0.29, 0.717) is 22.3 Å². The number of rotatable bonds is 4. The molecule has 0 aliphatic rings. The summed E-state index contributed by atoms with van der Waals surface area (Å²) in [5.41, 5.74) is 2.33. The Labute approximate surface area is 127 Å². The smallest absolute Gasteiger partial charge is 0.251 e. The van der Waals surface area contributed by atoms with Crippen molar-refractivity contribution in [2.24, 2.45) is 0 Å². The number of nitrogens with one attached hydrogen (secondary N) is 1. The quantitative estimate of drug-likeness (QED) is 0.876. The lowest BCUT2D eigenvalue weighted by Crippen LogP contribution is -2.25. The topological polar surface area (TPSA) is 42.0 Å². The summed E-state index contributed by atoms with van der Waals surface area (Å²) in [4.78, 5) is 16.0. The van der Waals surface area contributed by atoms with Gasteiger partial charge in [0.25, 0.3) is 5.91 Å². The number of halogens is 2. The van der Waals surface area contributed by atoms with E-state index in [9.17, 15) is 4.79 Å². The molecular weight excluding hydrogens is 295 g/mol.